The molecular formula is C16H20F2N4O2. The lowest BCUT2D eigenvalue weighted by molar-refractivity contribution is 0.0670. The Morgan fingerprint density at radius 3 is 2.88 bits per heavy atom. The summed E-state index contributed by atoms with van der Waals surface area (Å²) in [5.74, 6) is 0.990. The van der Waals surface area contributed by atoms with Crippen molar-refractivity contribution in [1.29, 1.82) is 0 Å². The molecule has 1 aromatic carbocycles. The Bertz CT molecular complexity index is 688. The fraction of sp³-hybridized carbons (Fsp3) is 0.375. The lowest BCUT2D eigenvalue weighted by atomic mass is 10.2. The van der Waals surface area contributed by atoms with E-state index in [1.165, 1.54) is 12.4 Å². The molecule has 24 heavy (non-hydrogen) atoms. The monoisotopic (exact) mass is 338 g/mol. The quantitative estimate of drug-likeness (QED) is 0.813. The number of benzene rings is 1. The molecule has 0 fully saturated rings. The molecule has 0 aliphatic rings. The van der Waals surface area contributed by atoms with Crippen LogP contribution in [-0.2, 0) is 6.42 Å². The van der Waals surface area contributed by atoms with Gasteiger partial charge < -0.3 is 15.4 Å². The number of urea groups is 1. The first kappa shape index (κ1) is 17.7. The maximum absolute atomic E-state index is 12.7. The predicted octanol–water partition coefficient (Wildman–Crippen LogP) is 3.35. The molecule has 2 N–H and O–H groups in total. The molecule has 0 spiro atoms. The lowest BCUT2D eigenvalue weighted by Gasteiger charge is -2.11. The standard InChI is InChI=1S/C16H20F2N4O2/c1-3-24-13-5-4-12(10-11(13)2)21-16(23)20-7-6-14-19-8-9-22(14)15(17)18/h4-5,8-10,15H,3,6-7H2,1-2H3,(H2,20,21,23). The average molecular weight is 338 g/mol. The highest BCUT2D eigenvalue weighted by atomic mass is 19.3. The minimum atomic E-state index is -2.64. The third-order valence-corrected chi connectivity index (χ3v) is 3.33. The largest absolute Gasteiger partial charge is 0.494 e. The van der Waals surface area contributed by atoms with Crippen LogP contribution in [0.2, 0.25) is 0 Å². The highest BCUT2D eigenvalue weighted by Gasteiger charge is 2.11. The first-order valence-corrected chi connectivity index (χ1v) is 7.59. The van der Waals surface area contributed by atoms with Crippen LogP contribution in [0.4, 0.5) is 19.3 Å². The summed E-state index contributed by atoms with van der Waals surface area (Å²) in [6.45, 7) is 1.92. The lowest BCUT2D eigenvalue weighted by Crippen LogP contribution is -2.31. The minimum absolute atomic E-state index is 0.200. The maximum Gasteiger partial charge on any atom is 0.319 e. The number of carbonyl (C=O) groups is 1. The second-order valence-electron chi connectivity index (χ2n) is 5.07. The second-order valence-corrected chi connectivity index (χ2v) is 5.07. The molecule has 8 heteroatoms. The van der Waals surface area contributed by atoms with Crippen LogP contribution in [-0.4, -0.2) is 28.7 Å². The Morgan fingerprint density at radius 2 is 2.21 bits per heavy atom. The summed E-state index contributed by atoms with van der Waals surface area (Å²) in [7, 11) is 0. The predicted molar refractivity (Wildman–Crippen MR) is 86.6 cm³/mol. The van der Waals surface area contributed by atoms with Crippen molar-refractivity contribution in [1.82, 2.24) is 14.9 Å². The maximum atomic E-state index is 12.7. The van der Waals surface area contributed by atoms with Crippen molar-refractivity contribution in [3.05, 3.63) is 42.0 Å². The van der Waals surface area contributed by atoms with Crippen LogP contribution in [0.3, 0.4) is 0 Å². The fourth-order valence-electron chi connectivity index (χ4n) is 2.22. The highest BCUT2D eigenvalue weighted by Crippen LogP contribution is 2.21. The number of alkyl halides is 2. The number of anilines is 1. The molecule has 2 rings (SSSR count). The molecule has 0 unspecified atom stereocenters. The number of carbonyl (C=O) groups excluding carboxylic acids is 1. The van der Waals surface area contributed by atoms with Gasteiger partial charge in [-0.3, -0.25) is 4.57 Å². The number of halogens is 2. The normalized spacial score (nSPS) is 10.7. The first-order valence-electron chi connectivity index (χ1n) is 7.59. The van der Waals surface area contributed by atoms with Gasteiger partial charge in [0.05, 0.1) is 6.61 Å². The third-order valence-electron chi connectivity index (χ3n) is 3.33. The summed E-state index contributed by atoms with van der Waals surface area (Å²) < 4.78 is 31.6. The number of nitrogens with one attached hydrogen (secondary N) is 2. The van der Waals surface area contributed by atoms with Gasteiger partial charge in [0.15, 0.2) is 0 Å². The van der Waals surface area contributed by atoms with E-state index in [-0.39, 0.29) is 18.8 Å². The van der Waals surface area contributed by atoms with Crippen LogP contribution in [0, 0.1) is 6.92 Å². The number of aromatic nitrogens is 2. The van der Waals surface area contributed by atoms with Crippen molar-refractivity contribution in [3.8, 4) is 5.75 Å². The summed E-state index contributed by atoms with van der Waals surface area (Å²) >= 11 is 0. The molecule has 1 aromatic heterocycles. The second kappa shape index (κ2) is 8.28. The number of hydrogen-bond acceptors (Lipinski definition) is 3. The zero-order valence-electron chi connectivity index (χ0n) is 13.6. The number of amides is 2. The van der Waals surface area contributed by atoms with Crippen molar-refractivity contribution in [2.24, 2.45) is 0 Å². The Hall–Kier alpha value is -2.64. The molecule has 0 radical (unpaired) electrons. The number of imidazole rings is 1. The molecular weight excluding hydrogens is 318 g/mol. The molecule has 2 amide bonds. The number of aryl methyl sites for hydroxylation is 1. The van der Waals surface area contributed by atoms with Crippen LogP contribution < -0.4 is 15.4 Å². The van der Waals surface area contributed by atoms with Gasteiger partial charge in [0, 0.05) is 31.0 Å². The molecule has 0 aliphatic heterocycles. The van der Waals surface area contributed by atoms with Gasteiger partial charge in [-0.2, -0.15) is 8.78 Å². The van der Waals surface area contributed by atoms with Crippen molar-refractivity contribution in [2.45, 2.75) is 26.8 Å². The Balaban J connectivity index is 1.83. The van der Waals surface area contributed by atoms with Crippen LogP contribution in [0.15, 0.2) is 30.6 Å². The molecule has 0 aliphatic carbocycles. The van der Waals surface area contributed by atoms with E-state index in [4.69, 9.17) is 4.74 Å². The van der Waals surface area contributed by atoms with Gasteiger partial charge >= 0.3 is 12.6 Å². The summed E-state index contributed by atoms with van der Waals surface area (Å²) in [5.41, 5.74) is 1.54. The van der Waals surface area contributed by atoms with E-state index in [0.29, 0.717) is 12.3 Å². The minimum Gasteiger partial charge on any atom is -0.494 e. The molecule has 130 valence electrons. The van der Waals surface area contributed by atoms with Gasteiger partial charge in [-0.25, -0.2) is 9.78 Å². The van der Waals surface area contributed by atoms with Crippen molar-refractivity contribution in [3.63, 3.8) is 0 Å². The van der Waals surface area contributed by atoms with Crippen LogP contribution in [0.25, 0.3) is 0 Å². The smallest absolute Gasteiger partial charge is 0.319 e. The number of rotatable bonds is 7. The molecule has 0 bridgehead atoms. The van der Waals surface area contributed by atoms with E-state index in [9.17, 15) is 13.6 Å². The molecule has 1 heterocycles. The zero-order chi connectivity index (χ0) is 17.5. The van der Waals surface area contributed by atoms with Crippen molar-refractivity contribution >= 4 is 11.7 Å². The van der Waals surface area contributed by atoms with E-state index in [1.807, 2.05) is 13.8 Å². The van der Waals surface area contributed by atoms with E-state index in [1.54, 1.807) is 18.2 Å². The van der Waals surface area contributed by atoms with Crippen molar-refractivity contribution < 1.29 is 18.3 Å². The van der Waals surface area contributed by atoms with Crippen LogP contribution in [0.5, 0.6) is 5.75 Å². The van der Waals surface area contributed by atoms with Crippen LogP contribution in [0.1, 0.15) is 24.9 Å². The van der Waals surface area contributed by atoms with Crippen LogP contribution >= 0.6 is 0 Å². The van der Waals surface area contributed by atoms with Gasteiger partial charge in [0.2, 0.25) is 0 Å². The van der Waals surface area contributed by atoms with Gasteiger partial charge in [0.25, 0.3) is 0 Å². The van der Waals surface area contributed by atoms with Gasteiger partial charge in [-0.05, 0) is 37.6 Å². The molecule has 2 aromatic rings. The summed E-state index contributed by atoms with van der Waals surface area (Å²) in [6, 6.07) is 4.91. The SMILES string of the molecule is CCOc1ccc(NC(=O)NCCc2nccn2C(F)F)cc1C. The molecule has 0 saturated carbocycles. The number of nitrogens with zero attached hydrogens (tertiary/aromatic N) is 2. The van der Waals surface area contributed by atoms with Gasteiger partial charge in [-0.15, -0.1) is 0 Å². The Labute approximate surface area is 138 Å². The summed E-state index contributed by atoms with van der Waals surface area (Å²) in [6.07, 6.45) is 2.74. The van der Waals surface area contributed by atoms with E-state index >= 15 is 0 Å². The molecule has 6 nitrogen and oxygen atoms in total. The first-order chi connectivity index (χ1) is 11.5. The summed E-state index contributed by atoms with van der Waals surface area (Å²) in [4.78, 5) is 15.7. The fourth-order valence-corrected chi connectivity index (χ4v) is 2.22. The Morgan fingerprint density at radius 1 is 1.42 bits per heavy atom. The number of hydrogen-bond donors (Lipinski definition) is 2. The van der Waals surface area contributed by atoms with E-state index < -0.39 is 12.6 Å². The average Bonchev–Trinajstić information content (AvgIpc) is 2.99. The topological polar surface area (TPSA) is 68.2 Å². The third kappa shape index (κ3) is 4.68. The van der Waals surface area contributed by atoms with Gasteiger partial charge in [0.1, 0.15) is 11.6 Å². The molecule has 0 saturated heterocycles. The van der Waals surface area contributed by atoms with E-state index in [2.05, 4.69) is 15.6 Å². The zero-order valence-corrected chi connectivity index (χ0v) is 13.6. The highest BCUT2D eigenvalue weighted by molar-refractivity contribution is 5.89. The Kier molecular flexibility index (Phi) is 6.11. The van der Waals surface area contributed by atoms with Gasteiger partial charge in [-0.1, -0.05) is 0 Å². The van der Waals surface area contributed by atoms with Crippen molar-refractivity contribution in [2.75, 3.05) is 18.5 Å². The van der Waals surface area contributed by atoms with E-state index in [0.717, 1.165) is 15.9 Å². The number of ether oxygens (including phenoxy) is 1. The molecule has 0 atom stereocenters. The summed E-state index contributed by atoms with van der Waals surface area (Å²) in [5, 5.41) is 5.30.